The van der Waals surface area contributed by atoms with E-state index >= 15 is 0 Å². The van der Waals surface area contributed by atoms with Gasteiger partial charge >= 0.3 is 0 Å². The van der Waals surface area contributed by atoms with Gasteiger partial charge in [-0.2, -0.15) is 0 Å². The fraction of sp³-hybridized carbons (Fsp3) is 0.143. The molecule has 2 rings (SSSR count). The fourth-order valence-corrected chi connectivity index (χ4v) is 2.36. The third-order valence-electron chi connectivity index (χ3n) is 1.35. The molecule has 1 aliphatic heterocycles. The molecule has 0 amide bonds. The number of benzene rings is 1. The highest BCUT2D eigenvalue weighted by atomic mass is 79.9. The third-order valence-corrected chi connectivity index (χ3v) is 3.22. The van der Waals surface area contributed by atoms with E-state index < -0.39 is 0 Å². The van der Waals surface area contributed by atoms with Crippen LogP contribution in [0.3, 0.4) is 0 Å². The van der Waals surface area contributed by atoms with Crippen LogP contribution in [0.25, 0.3) is 0 Å². The van der Waals surface area contributed by atoms with Crippen LogP contribution in [0.15, 0.2) is 27.6 Å². The van der Waals surface area contributed by atoms with Crippen LogP contribution >= 0.6 is 27.7 Å². The van der Waals surface area contributed by atoms with E-state index in [0.717, 1.165) is 16.2 Å². The summed E-state index contributed by atoms with van der Waals surface area (Å²) in [5, 5.41) is 0. The molecule has 52 valence electrons. The van der Waals surface area contributed by atoms with Crippen LogP contribution < -0.4 is 4.74 Å². The van der Waals surface area contributed by atoms with Crippen molar-refractivity contribution in [2.75, 3.05) is 5.94 Å². The van der Waals surface area contributed by atoms with Crippen LogP contribution in [-0.4, -0.2) is 5.94 Å². The lowest BCUT2D eigenvalue weighted by atomic mass is 10.3. The largest absolute Gasteiger partial charge is 0.481 e. The Balaban J connectivity index is 2.59. The molecule has 3 heteroatoms. The van der Waals surface area contributed by atoms with Crippen molar-refractivity contribution in [2.24, 2.45) is 0 Å². The van der Waals surface area contributed by atoms with Crippen molar-refractivity contribution in [2.45, 2.75) is 4.90 Å². The maximum absolute atomic E-state index is 5.31. The average molecular weight is 217 g/mol. The van der Waals surface area contributed by atoms with Crippen LogP contribution in [0.1, 0.15) is 0 Å². The van der Waals surface area contributed by atoms with Crippen molar-refractivity contribution < 1.29 is 4.74 Å². The van der Waals surface area contributed by atoms with E-state index in [9.17, 15) is 0 Å². The third kappa shape index (κ3) is 0.935. The van der Waals surface area contributed by atoms with E-state index in [4.69, 9.17) is 4.74 Å². The number of hydrogen-bond donors (Lipinski definition) is 0. The highest BCUT2D eigenvalue weighted by Crippen LogP contribution is 2.40. The van der Waals surface area contributed by atoms with Crippen molar-refractivity contribution in [3.63, 3.8) is 0 Å². The molecule has 0 spiro atoms. The van der Waals surface area contributed by atoms with Gasteiger partial charge in [0.2, 0.25) is 0 Å². The SMILES string of the molecule is Brc1cccc2c1SCO2. The Hall–Kier alpha value is -0.150. The lowest BCUT2D eigenvalue weighted by molar-refractivity contribution is 0.397. The van der Waals surface area contributed by atoms with Crippen LogP contribution in [0.4, 0.5) is 0 Å². The molecule has 0 bridgehead atoms. The maximum Gasteiger partial charge on any atom is 0.138 e. The lowest BCUT2D eigenvalue weighted by Crippen LogP contribution is -1.81. The minimum absolute atomic E-state index is 0.748. The quantitative estimate of drug-likeness (QED) is 0.660. The highest BCUT2D eigenvalue weighted by molar-refractivity contribution is 9.10. The second-order valence-electron chi connectivity index (χ2n) is 1.97. The first-order valence-electron chi connectivity index (χ1n) is 2.92. The fourth-order valence-electron chi connectivity index (χ4n) is 0.895. The number of halogens is 1. The molecular formula is C7H5BrOS. The summed E-state index contributed by atoms with van der Waals surface area (Å²) in [6.45, 7) is 0. The van der Waals surface area contributed by atoms with Crippen LogP contribution in [0.2, 0.25) is 0 Å². The molecule has 0 radical (unpaired) electrons. The molecule has 10 heavy (non-hydrogen) atoms. The summed E-state index contributed by atoms with van der Waals surface area (Å²) in [5.41, 5.74) is 0. The van der Waals surface area contributed by atoms with Gasteiger partial charge in [-0.3, -0.25) is 0 Å². The lowest BCUT2D eigenvalue weighted by Gasteiger charge is -1.96. The molecule has 0 atom stereocenters. The molecular weight excluding hydrogens is 212 g/mol. The molecule has 1 nitrogen and oxygen atoms in total. The maximum atomic E-state index is 5.31. The van der Waals surface area contributed by atoms with Gasteiger partial charge < -0.3 is 4.74 Å². The molecule has 1 aromatic carbocycles. The number of rotatable bonds is 0. The van der Waals surface area contributed by atoms with Gasteiger partial charge in [-0.15, -0.1) is 0 Å². The summed E-state index contributed by atoms with van der Waals surface area (Å²) in [7, 11) is 0. The second kappa shape index (κ2) is 2.47. The van der Waals surface area contributed by atoms with E-state index in [-0.39, 0.29) is 0 Å². The second-order valence-corrected chi connectivity index (χ2v) is 3.76. The summed E-state index contributed by atoms with van der Waals surface area (Å²) >= 11 is 5.17. The summed E-state index contributed by atoms with van der Waals surface area (Å²) in [5.74, 6) is 1.75. The van der Waals surface area contributed by atoms with E-state index in [1.54, 1.807) is 11.8 Å². The molecule has 1 aliphatic rings. The number of thioether (sulfide) groups is 1. The Morgan fingerprint density at radius 3 is 3.20 bits per heavy atom. The smallest absolute Gasteiger partial charge is 0.138 e. The predicted molar refractivity (Wildman–Crippen MR) is 45.5 cm³/mol. The molecule has 0 saturated carbocycles. The molecule has 0 aromatic heterocycles. The van der Waals surface area contributed by atoms with Gasteiger partial charge in [0.05, 0.1) is 4.90 Å². The van der Waals surface area contributed by atoms with Crippen LogP contribution in [0.5, 0.6) is 5.75 Å². The summed E-state index contributed by atoms with van der Waals surface area (Å²) in [6, 6.07) is 6.00. The number of ether oxygens (including phenoxy) is 1. The zero-order valence-corrected chi connectivity index (χ0v) is 7.54. The Labute approximate surface area is 71.9 Å². The van der Waals surface area contributed by atoms with Crippen molar-refractivity contribution in [1.82, 2.24) is 0 Å². The van der Waals surface area contributed by atoms with Crippen molar-refractivity contribution >= 4 is 27.7 Å². The van der Waals surface area contributed by atoms with E-state index in [1.165, 1.54) is 4.90 Å². The monoisotopic (exact) mass is 216 g/mol. The van der Waals surface area contributed by atoms with E-state index in [1.807, 2.05) is 18.2 Å². The molecule has 1 aromatic rings. The normalized spacial score (nSPS) is 14.5. The minimum atomic E-state index is 0.748. The zero-order valence-electron chi connectivity index (χ0n) is 5.13. The number of hydrogen-bond acceptors (Lipinski definition) is 2. The van der Waals surface area contributed by atoms with Gasteiger partial charge in [0, 0.05) is 4.47 Å². The Bertz CT molecular complexity index is 262. The van der Waals surface area contributed by atoms with Gasteiger partial charge in [0.25, 0.3) is 0 Å². The molecule has 0 aliphatic carbocycles. The molecule has 0 saturated heterocycles. The van der Waals surface area contributed by atoms with Gasteiger partial charge in [-0.1, -0.05) is 17.8 Å². The molecule has 0 N–H and O–H groups in total. The molecule has 0 unspecified atom stereocenters. The van der Waals surface area contributed by atoms with Crippen molar-refractivity contribution in [3.05, 3.63) is 22.7 Å². The van der Waals surface area contributed by atoms with Crippen molar-refractivity contribution in [1.29, 1.82) is 0 Å². The minimum Gasteiger partial charge on any atom is -0.481 e. The van der Waals surface area contributed by atoms with Gasteiger partial charge in [0.15, 0.2) is 0 Å². The standard InChI is InChI=1S/C7H5BrOS/c8-5-2-1-3-6-7(5)10-4-9-6/h1-3H,4H2. The predicted octanol–water partition coefficient (Wildman–Crippen LogP) is 2.89. The van der Waals surface area contributed by atoms with Gasteiger partial charge in [0.1, 0.15) is 11.7 Å². The zero-order chi connectivity index (χ0) is 6.97. The van der Waals surface area contributed by atoms with Crippen molar-refractivity contribution in [3.8, 4) is 5.75 Å². The Morgan fingerprint density at radius 2 is 2.40 bits per heavy atom. The molecule has 1 heterocycles. The summed E-state index contributed by atoms with van der Waals surface area (Å²) in [4.78, 5) is 1.22. The number of fused-ring (bicyclic) bond motifs is 1. The first-order chi connectivity index (χ1) is 4.88. The summed E-state index contributed by atoms with van der Waals surface area (Å²) < 4.78 is 6.44. The van der Waals surface area contributed by atoms with E-state index in [2.05, 4.69) is 15.9 Å². The summed E-state index contributed by atoms with van der Waals surface area (Å²) in [6.07, 6.45) is 0. The van der Waals surface area contributed by atoms with Crippen LogP contribution in [-0.2, 0) is 0 Å². The van der Waals surface area contributed by atoms with Crippen LogP contribution in [0, 0.1) is 0 Å². The Kier molecular flexibility index (Phi) is 1.62. The Morgan fingerprint density at radius 1 is 1.50 bits per heavy atom. The highest BCUT2D eigenvalue weighted by Gasteiger charge is 2.14. The molecule has 0 fully saturated rings. The van der Waals surface area contributed by atoms with E-state index in [0.29, 0.717) is 0 Å². The first-order valence-corrected chi connectivity index (χ1v) is 4.70. The topological polar surface area (TPSA) is 9.23 Å². The van der Waals surface area contributed by atoms with Gasteiger partial charge in [-0.05, 0) is 28.1 Å². The van der Waals surface area contributed by atoms with Gasteiger partial charge in [-0.25, -0.2) is 0 Å². The first kappa shape index (κ1) is 6.55. The average Bonchev–Trinajstić information content (AvgIpc) is 2.36.